The minimum atomic E-state index is -0.596. The molecule has 8 nitrogen and oxygen atoms in total. The van der Waals surface area contributed by atoms with Gasteiger partial charge < -0.3 is 18.9 Å². The fourth-order valence-electron chi connectivity index (χ4n) is 4.36. The van der Waals surface area contributed by atoms with Crippen molar-refractivity contribution in [3.05, 3.63) is 130 Å². The van der Waals surface area contributed by atoms with E-state index in [-0.39, 0.29) is 17.9 Å². The number of hydrogen-bond acceptors (Lipinski definition) is 7. The molecule has 0 saturated heterocycles. The normalized spacial score (nSPS) is 10.9. The lowest BCUT2D eigenvalue weighted by Gasteiger charge is -2.12. The van der Waals surface area contributed by atoms with Crippen molar-refractivity contribution >= 4 is 40.5 Å². The third-order valence-corrected chi connectivity index (χ3v) is 6.80. The summed E-state index contributed by atoms with van der Waals surface area (Å²) < 4.78 is 22.3. The topological polar surface area (TPSA) is 95.5 Å². The lowest BCUT2D eigenvalue weighted by atomic mass is 10.0. The maximum atomic E-state index is 13.1. The lowest BCUT2D eigenvalue weighted by Crippen LogP contribution is -2.19. The molecule has 5 rings (SSSR count). The smallest absolute Gasteiger partial charge is 0.343 e. The van der Waals surface area contributed by atoms with Crippen LogP contribution in [0.3, 0.4) is 0 Å². The maximum Gasteiger partial charge on any atom is 0.343 e. The molecule has 0 atom stereocenters. The van der Waals surface area contributed by atoms with Crippen LogP contribution in [0.15, 0.2) is 108 Å². The highest BCUT2D eigenvalue weighted by Gasteiger charge is 2.17. The summed E-state index contributed by atoms with van der Waals surface area (Å²) in [6, 6.07) is 30.0. The molecule has 0 aliphatic rings. The Balaban J connectivity index is 1.36. The van der Waals surface area contributed by atoms with Gasteiger partial charge in [-0.25, -0.2) is 10.2 Å². The Morgan fingerprint density at radius 1 is 0.791 bits per heavy atom. The molecule has 1 amide bonds. The van der Waals surface area contributed by atoms with Gasteiger partial charge in [-0.2, -0.15) is 5.10 Å². The van der Waals surface area contributed by atoms with Crippen LogP contribution in [-0.2, 0) is 6.61 Å². The number of hydrazone groups is 1. The van der Waals surface area contributed by atoms with Gasteiger partial charge >= 0.3 is 5.97 Å². The van der Waals surface area contributed by atoms with E-state index < -0.39 is 11.9 Å². The van der Waals surface area contributed by atoms with E-state index in [1.165, 1.54) is 20.4 Å². The Labute approximate surface area is 253 Å². The molecule has 0 heterocycles. The average Bonchev–Trinajstić information content (AvgIpc) is 3.05. The fourth-order valence-corrected chi connectivity index (χ4v) is 4.48. The molecule has 0 bridgehead atoms. The van der Waals surface area contributed by atoms with Gasteiger partial charge in [-0.15, -0.1) is 0 Å². The molecule has 9 heteroatoms. The Morgan fingerprint density at radius 2 is 1.51 bits per heavy atom. The number of carbonyl (C=O) groups excluding carboxylic acids is 2. The minimum Gasteiger partial charge on any atom is -0.493 e. The number of benzene rings is 5. The first-order valence-corrected chi connectivity index (χ1v) is 13.6. The largest absolute Gasteiger partial charge is 0.493 e. The van der Waals surface area contributed by atoms with Gasteiger partial charge in [0.25, 0.3) is 5.91 Å². The van der Waals surface area contributed by atoms with E-state index in [4.69, 9.17) is 30.5 Å². The molecule has 0 unspecified atom stereocenters. The van der Waals surface area contributed by atoms with Crippen LogP contribution >= 0.6 is 11.6 Å². The third-order valence-electron chi connectivity index (χ3n) is 6.55. The average molecular weight is 595 g/mol. The standard InChI is InChI=1S/C34H27ClN2O6/c1-40-31-18-14-24(19-32(31)41-2)34(39)43-30-17-13-23-7-3-4-8-26(23)28(30)20-36-37-33(38)27-9-5-6-10-29(27)42-21-22-11-15-25(35)16-12-22/h3-20H,21H2,1-2H3,(H,37,38). The molecule has 0 aliphatic carbocycles. The van der Waals surface area contributed by atoms with Crippen LogP contribution < -0.4 is 24.4 Å². The summed E-state index contributed by atoms with van der Waals surface area (Å²) in [7, 11) is 3.01. The summed E-state index contributed by atoms with van der Waals surface area (Å²) in [6.07, 6.45) is 1.45. The fraction of sp³-hybridized carbons (Fsp3) is 0.0882. The lowest BCUT2D eigenvalue weighted by molar-refractivity contribution is 0.0734. The first kappa shape index (κ1) is 29.2. The molecule has 0 fully saturated rings. The van der Waals surface area contributed by atoms with E-state index >= 15 is 0 Å². The quantitative estimate of drug-likeness (QED) is 0.0804. The number of hydrogen-bond donors (Lipinski definition) is 1. The number of esters is 1. The summed E-state index contributed by atoms with van der Waals surface area (Å²) in [5.74, 6) is 0.499. The van der Waals surface area contributed by atoms with Crippen molar-refractivity contribution in [1.29, 1.82) is 0 Å². The van der Waals surface area contributed by atoms with Gasteiger partial charge in [0.05, 0.1) is 31.6 Å². The number of para-hydroxylation sites is 1. The number of halogens is 1. The predicted octanol–water partition coefficient (Wildman–Crippen LogP) is 7.07. The number of fused-ring (bicyclic) bond motifs is 1. The molecule has 43 heavy (non-hydrogen) atoms. The second-order valence-electron chi connectivity index (χ2n) is 9.27. The summed E-state index contributed by atoms with van der Waals surface area (Å²) in [6.45, 7) is 0.259. The van der Waals surface area contributed by atoms with E-state index in [1.54, 1.807) is 60.7 Å². The van der Waals surface area contributed by atoms with Crippen LogP contribution in [0.25, 0.3) is 10.8 Å². The van der Waals surface area contributed by atoms with Gasteiger partial charge in [0.15, 0.2) is 11.5 Å². The van der Waals surface area contributed by atoms with Gasteiger partial charge in [-0.05, 0) is 64.9 Å². The van der Waals surface area contributed by atoms with Crippen LogP contribution in [0.5, 0.6) is 23.0 Å². The second-order valence-corrected chi connectivity index (χ2v) is 9.70. The summed E-state index contributed by atoms with van der Waals surface area (Å²) in [5.41, 5.74) is 4.57. The van der Waals surface area contributed by atoms with E-state index in [2.05, 4.69) is 10.5 Å². The van der Waals surface area contributed by atoms with Crippen LogP contribution in [-0.4, -0.2) is 32.3 Å². The van der Waals surface area contributed by atoms with Crippen LogP contribution in [0.1, 0.15) is 31.8 Å². The Hall–Kier alpha value is -5.34. The Bertz CT molecular complexity index is 1800. The van der Waals surface area contributed by atoms with Crippen LogP contribution in [0, 0.1) is 0 Å². The van der Waals surface area contributed by atoms with E-state index in [1.807, 2.05) is 42.5 Å². The predicted molar refractivity (Wildman–Crippen MR) is 166 cm³/mol. The van der Waals surface area contributed by atoms with Crippen molar-refractivity contribution in [2.24, 2.45) is 5.10 Å². The van der Waals surface area contributed by atoms with Gasteiger partial charge in [-0.1, -0.05) is 66.2 Å². The number of ether oxygens (including phenoxy) is 4. The number of nitrogens with zero attached hydrogens (tertiary/aromatic N) is 1. The molecule has 0 saturated carbocycles. The van der Waals surface area contributed by atoms with Crippen LogP contribution in [0.2, 0.25) is 5.02 Å². The number of nitrogens with one attached hydrogen (secondary N) is 1. The van der Waals surface area contributed by atoms with Crippen molar-refractivity contribution in [2.75, 3.05) is 14.2 Å². The van der Waals surface area contributed by atoms with Gasteiger partial charge in [0.1, 0.15) is 18.1 Å². The van der Waals surface area contributed by atoms with E-state index in [9.17, 15) is 9.59 Å². The van der Waals surface area contributed by atoms with Gasteiger partial charge in [0, 0.05) is 10.6 Å². The molecule has 0 spiro atoms. The molecule has 0 aromatic heterocycles. The van der Waals surface area contributed by atoms with E-state index in [0.717, 1.165) is 16.3 Å². The SMILES string of the molecule is COc1ccc(C(=O)Oc2ccc3ccccc3c2C=NNC(=O)c2ccccc2OCc2ccc(Cl)cc2)cc1OC. The monoisotopic (exact) mass is 594 g/mol. The molecule has 0 radical (unpaired) electrons. The molecule has 216 valence electrons. The highest BCUT2D eigenvalue weighted by molar-refractivity contribution is 6.30. The Morgan fingerprint density at radius 3 is 2.30 bits per heavy atom. The van der Waals surface area contributed by atoms with Crippen LogP contribution in [0.4, 0.5) is 0 Å². The molecular formula is C34H27ClN2O6. The number of methoxy groups -OCH3 is 2. The number of amides is 1. The van der Waals surface area contributed by atoms with Crippen molar-refractivity contribution in [2.45, 2.75) is 6.61 Å². The zero-order valence-corrected chi connectivity index (χ0v) is 24.1. The highest BCUT2D eigenvalue weighted by atomic mass is 35.5. The summed E-state index contributed by atoms with van der Waals surface area (Å²) >= 11 is 5.96. The van der Waals surface area contributed by atoms with Crippen molar-refractivity contribution < 1.29 is 28.5 Å². The summed E-state index contributed by atoms with van der Waals surface area (Å²) in [4.78, 5) is 26.2. The highest BCUT2D eigenvalue weighted by Crippen LogP contribution is 2.30. The van der Waals surface area contributed by atoms with E-state index in [0.29, 0.717) is 33.4 Å². The summed E-state index contributed by atoms with van der Waals surface area (Å²) in [5, 5.41) is 6.52. The third kappa shape index (κ3) is 6.94. The molecule has 5 aromatic carbocycles. The zero-order chi connectivity index (χ0) is 30.2. The van der Waals surface area contributed by atoms with Gasteiger partial charge in [0.2, 0.25) is 0 Å². The molecule has 0 aliphatic heterocycles. The first-order valence-electron chi connectivity index (χ1n) is 13.2. The minimum absolute atomic E-state index is 0.259. The maximum absolute atomic E-state index is 13.1. The van der Waals surface area contributed by atoms with Crippen molar-refractivity contribution in [3.63, 3.8) is 0 Å². The van der Waals surface area contributed by atoms with Gasteiger partial charge in [-0.3, -0.25) is 4.79 Å². The molecule has 5 aromatic rings. The van der Waals surface area contributed by atoms with Crippen molar-refractivity contribution in [1.82, 2.24) is 5.43 Å². The zero-order valence-electron chi connectivity index (χ0n) is 23.4. The number of carbonyl (C=O) groups is 2. The molecular weight excluding hydrogens is 568 g/mol. The molecule has 1 N–H and O–H groups in total. The van der Waals surface area contributed by atoms with Crippen molar-refractivity contribution in [3.8, 4) is 23.0 Å². The number of rotatable bonds is 10. The Kier molecular flexibility index (Phi) is 9.19. The second kappa shape index (κ2) is 13.5. The first-order chi connectivity index (χ1) is 21.0.